The highest BCUT2D eigenvalue weighted by Crippen LogP contribution is 2.33. The van der Waals surface area contributed by atoms with Gasteiger partial charge in [0.1, 0.15) is 5.41 Å². The molecule has 1 radical (unpaired) electrons. The lowest BCUT2D eigenvalue weighted by molar-refractivity contribution is 0.988. The van der Waals surface area contributed by atoms with Crippen molar-refractivity contribution in [1.29, 1.82) is 0 Å². The Morgan fingerprint density at radius 3 is 2.65 bits per heavy atom. The summed E-state index contributed by atoms with van der Waals surface area (Å²) in [5, 5.41) is 2.54. The van der Waals surface area contributed by atoms with E-state index in [4.69, 9.17) is 12.8 Å². The molecule has 0 N–H and O–H groups in total. The number of terminal acetylenes is 2. The summed E-state index contributed by atoms with van der Waals surface area (Å²) >= 11 is 0. The van der Waals surface area contributed by atoms with Crippen molar-refractivity contribution in [3.05, 3.63) is 48.1 Å². The molecule has 0 aromatic heterocycles. The Labute approximate surface area is 104 Å². The first-order valence-corrected chi connectivity index (χ1v) is 6.40. The molecule has 0 unspecified atom stereocenters. The van der Waals surface area contributed by atoms with Crippen LogP contribution in [-0.2, 0) is 0 Å². The number of allylic oxidation sites excluding steroid dienone is 4. The molecule has 1 aliphatic heterocycles. The first-order valence-electron chi connectivity index (χ1n) is 5.40. The van der Waals surface area contributed by atoms with Gasteiger partial charge in [-0.3, -0.25) is 0 Å². The van der Waals surface area contributed by atoms with E-state index in [0.29, 0.717) is 9.13 Å². The molecule has 0 amide bonds. The second-order valence-corrected chi connectivity index (χ2v) is 5.37. The van der Waals surface area contributed by atoms with E-state index in [1.807, 2.05) is 12.2 Å². The summed E-state index contributed by atoms with van der Waals surface area (Å²) in [6, 6.07) is 8.40. The van der Waals surface area contributed by atoms with Crippen LogP contribution in [0.4, 0.5) is 0 Å². The Morgan fingerprint density at radius 2 is 1.88 bits per heavy atom. The summed E-state index contributed by atoms with van der Waals surface area (Å²) in [6.07, 6.45) is 17.3. The fourth-order valence-corrected chi connectivity index (χ4v) is 3.88. The van der Waals surface area contributed by atoms with Crippen molar-refractivity contribution in [2.45, 2.75) is 0 Å². The molecule has 0 bridgehead atoms. The molecule has 3 rings (SSSR count). The molecule has 1 aliphatic carbocycles. The summed E-state index contributed by atoms with van der Waals surface area (Å²) in [6.45, 7) is 0. The van der Waals surface area contributed by atoms with E-state index in [1.54, 1.807) is 0 Å². The second kappa shape index (κ2) is 3.45. The van der Waals surface area contributed by atoms with Gasteiger partial charge < -0.3 is 0 Å². The van der Waals surface area contributed by atoms with Crippen molar-refractivity contribution >= 4 is 25.1 Å². The lowest BCUT2D eigenvalue weighted by Gasteiger charge is -2.24. The van der Waals surface area contributed by atoms with Gasteiger partial charge in [0, 0.05) is 0 Å². The predicted octanol–water partition coefficient (Wildman–Crippen LogP) is 1.41. The van der Waals surface area contributed by atoms with Crippen molar-refractivity contribution in [3.8, 4) is 24.7 Å². The summed E-state index contributed by atoms with van der Waals surface area (Å²) in [5.41, 5.74) is 1.87. The van der Waals surface area contributed by atoms with Gasteiger partial charge >= 0.3 is 0 Å². The van der Waals surface area contributed by atoms with E-state index >= 15 is 0 Å². The Morgan fingerprint density at radius 1 is 1.12 bits per heavy atom. The van der Waals surface area contributed by atoms with E-state index in [2.05, 4.69) is 42.2 Å². The van der Waals surface area contributed by atoms with Gasteiger partial charge in [-0.05, 0) is 21.5 Å². The molecule has 1 heteroatoms. The largest absolute Gasteiger partial charge is 0.131 e. The molecule has 1 aromatic carbocycles. The smallest absolute Gasteiger partial charge is 0.118 e. The molecule has 0 atom stereocenters. The van der Waals surface area contributed by atoms with Gasteiger partial charge in [0.2, 0.25) is 0 Å². The van der Waals surface area contributed by atoms with Crippen molar-refractivity contribution in [1.82, 2.24) is 0 Å². The van der Waals surface area contributed by atoms with Crippen molar-refractivity contribution in [3.63, 3.8) is 0 Å². The van der Waals surface area contributed by atoms with E-state index < -0.39 is 5.41 Å². The molecule has 0 saturated carbocycles. The molecule has 17 heavy (non-hydrogen) atoms. The maximum absolute atomic E-state index is 5.65. The van der Waals surface area contributed by atoms with Gasteiger partial charge in [-0.15, -0.1) is 12.8 Å². The number of rotatable bonds is 0. The molecular formula is C16H9Si. The average Bonchev–Trinajstić information content (AvgIpc) is 2.77. The zero-order valence-corrected chi connectivity index (χ0v) is 10.2. The SMILES string of the molecule is C#CC1(C#C)C=CC=C2C1=[Si]c1ccccc12. The third-order valence-corrected chi connectivity index (χ3v) is 4.82. The van der Waals surface area contributed by atoms with Crippen molar-refractivity contribution < 1.29 is 0 Å². The highest BCUT2D eigenvalue weighted by atomic mass is 28.2. The molecule has 1 heterocycles. The fraction of sp³-hybridized carbons (Fsp3) is 0.0625. The third kappa shape index (κ3) is 1.24. The highest BCUT2D eigenvalue weighted by molar-refractivity contribution is 6.80. The quantitative estimate of drug-likeness (QED) is 0.466. The van der Waals surface area contributed by atoms with Gasteiger partial charge in [-0.25, -0.2) is 0 Å². The highest BCUT2D eigenvalue weighted by Gasteiger charge is 2.35. The van der Waals surface area contributed by atoms with E-state index in [0.717, 1.165) is 0 Å². The van der Waals surface area contributed by atoms with Crippen LogP contribution in [0.15, 0.2) is 42.5 Å². The predicted molar refractivity (Wildman–Crippen MR) is 74.1 cm³/mol. The maximum atomic E-state index is 5.65. The molecule has 77 valence electrons. The molecular weight excluding hydrogens is 220 g/mol. The van der Waals surface area contributed by atoms with Crippen LogP contribution >= 0.6 is 0 Å². The van der Waals surface area contributed by atoms with E-state index in [9.17, 15) is 0 Å². The van der Waals surface area contributed by atoms with E-state index in [-0.39, 0.29) is 0 Å². The van der Waals surface area contributed by atoms with E-state index in [1.165, 1.54) is 21.5 Å². The summed E-state index contributed by atoms with van der Waals surface area (Å²) in [5.74, 6) is 5.56. The number of fused-ring (bicyclic) bond motifs is 3. The zero-order chi connectivity index (χ0) is 11.9. The monoisotopic (exact) mass is 229 g/mol. The molecule has 2 aliphatic rings. The number of benzene rings is 1. The molecule has 1 aromatic rings. The average molecular weight is 229 g/mol. The third-order valence-electron chi connectivity index (χ3n) is 3.21. The second-order valence-electron chi connectivity index (χ2n) is 4.08. The van der Waals surface area contributed by atoms with Gasteiger partial charge in [0.05, 0.1) is 9.13 Å². The van der Waals surface area contributed by atoms with Crippen molar-refractivity contribution in [2.24, 2.45) is 5.41 Å². The fourth-order valence-electron chi connectivity index (χ4n) is 2.30. The van der Waals surface area contributed by atoms with Crippen LogP contribution in [0.2, 0.25) is 0 Å². The molecule has 0 spiro atoms. The Bertz CT molecular complexity index is 658. The normalized spacial score (nSPS) is 18.2. The van der Waals surface area contributed by atoms with Crippen LogP contribution in [0.3, 0.4) is 0 Å². The summed E-state index contributed by atoms with van der Waals surface area (Å²) in [7, 11) is 0.586. The summed E-state index contributed by atoms with van der Waals surface area (Å²) in [4.78, 5) is 0. The van der Waals surface area contributed by atoms with Crippen LogP contribution in [-0.4, -0.2) is 14.3 Å². The minimum Gasteiger partial charge on any atom is -0.118 e. The van der Waals surface area contributed by atoms with Crippen LogP contribution in [0.25, 0.3) is 5.57 Å². The minimum atomic E-state index is -0.623. The van der Waals surface area contributed by atoms with Gasteiger partial charge in [-0.1, -0.05) is 54.3 Å². The standard InChI is InChI=1S/C16H9Si/c1-3-16(4-2)11-7-9-13-12-8-5-6-10-14(12)17-15(13)16/h1-2,5-11H. The maximum Gasteiger partial charge on any atom is 0.131 e. The van der Waals surface area contributed by atoms with Crippen LogP contribution < -0.4 is 5.19 Å². The molecule has 0 nitrogen and oxygen atoms in total. The van der Waals surface area contributed by atoms with Crippen LogP contribution in [0.5, 0.6) is 0 Å². The lowest BCUT2D eigenvalue weighted by atomic mass is 9.78. The zero-order valence-electron chi connectivity index (χ0n) is 9.20. The van der Waals surface area contributed by atoms with Gasteiger partial charge in [-0.2, -0.15) is 0 Å². The van der Waals surface area contributed by atoms with Gasteiger partial charge in [0.25, 0.3) is 0 Å². The number of hydrogen-bond donors (Lipinski definition) is 0. The van der Waals surface area contributed by atoms with Crippen LogP contribution in [0.1, 0.15) is 5.56 Å². The van der Waals surface area contributed by atoms with Gasteiger partial charge in [0.15, 0.2) is 0 Å². The van der Waals surface area contributed by atoms with Crippen molar-refractivity contribution in [2.75, 3.05) is 0 Å². The first-order chi connectivity index (χ1) is 8.30. The minimum absolute atomic E-state index is 0.586. The molecule has 0 saturated heterocycles. The topological polar surface area (TPSA) is 0 Å². The summed E-state index contributed by atoms with van der Waals surface area (Å²) < 4.78 is 0. The number of hydrogen-bond acceptors (Lipinski definition) is 0. The van der Waals surface area contributed by atoms with Crippen LogP contribution in [0, 0.1) is 30.1 Å². The molecule has 0 fully saturated rings. The Balaban J connectivity index is 2.28. The Kier molecular flexibility index (Phi) is 2.05. The first kappa shape index (κ1) is 10.1. The Hall–Kier alpha value is -2.09. The lowest BCUT2D eigenvalue weighted by Crippen LogP contribution is -2.29.